The Morgan fingerprint density at radius 2 is 1.91 bits per heavy atom. The fraction of sp³-hybridized carbons (Fsp3) is 0.462. The molecule has 3 heterocycles. The highest BCUT2D eigenvalue weighted by atomic mass is 16.3. The number of aryl methyl sites for hydroxylation is 1. The van der Waals surface area contributed by atoms with Crippen LogP contribution in [-0.2, 0) is 11.3 Å². The van der Waals surface area contributed by atoms with E-state index in [1.165, 1.54) is 6.42 Å². The van der Waals surface area contributed by atoms with Crippen molar-refractivity contribution in [3.8, 4) is 0 Å². The number of hydrogen-bond acceptors (Lipinski definition) is 3. The number of aromatic nitrogens is 1. The van der Waals surface area contributed by atoms with Gasteiger partial charge in [0.25, 0.3) is 5.91 Å². The molecule has 0 bridgehead atoms. The molecule has 1 aliphatic carbocycles. The summed E-state index contributed by atoms with van der Waals surface area (Å²) in [5, 5.41) is 3.34. The fourth-order valence-electron chi connectivity index (χ4n) is 5.42. The van der Waals surface area contributed by atoms with Crippen LogP contribution in [0.15, 0.2) is 47.1 Å². The number of anilines is 1. The summed E-state index contributed by atoms with van der Waals surface area (Å²) in [5.41, 5.74) is 2.82. The maximum atomic E-state index is 13.9. The van der Waals surface area contributed by atoms with E-state index in [-0.39, 0.29) is 17.9 Å². The van der Waals surface area contributed by atoms with Gasteiger partial charge >= 0.3 is 0 Å². The van der Waals surface area contributed by atoms with Gasteiger partial charge in [-0.15, -0.1) is 0 Å². The molecule has 1 saturated carbocycles. The normalized spacial score (nSPS) is 28.1. The maximum absolute atomic E-state index is 13.9. The van der Waals surface area contributed by atoms with E-state index in [2.05, 4.69) is 19.2 Å². The van der Waals surface area contributed by atoms with E-state index in [1.54, 1.807) is 17.2 Å². The lowest BCUT2D eigenvalue weighted by molar-refractivity contribution is -0.128. The van der Waals surface area contributed by atoms with E-state index in [0.717, 1.165) is 29.6 Å². The summed E-state index contributed by atoms with van der Waals surface area (Å²) in [4.78, 5) is 29.4. The molecule has 5 rings (SSSR count). The van der Waals surface area contributed by atoms with Crippen molar-refractivity contribution in [2.24, 2.45) is 11.8 Å². The Morgan fingerprint density at radius 1 is 1.16 bits per heavy atom. The average Bonchev–Trinajstić information content (AvgIpc) is 3.35. The lowest BCUT2D eigenvalue weighted by Crippen LogP contribution is -2.66. The molecule has 2 amide bonds. The van der Waals surface area contributed by atoms with Gasteiger partial charge in [0.15, 0.2) is 5.58 Å². The van der Waals surface area contributed by atoms with Crippen molar-refractivity contribution in [3.63, 3.8) is 0 Å². The van der Waals surface area contributed by atoms with Crippen molar-refractivity contribution >= 4 is 28.6 Å². The van der Waals surface area contributed by atoms with Crippen LogP contribution in [0.5, 0.6) is 0 Å². The highest BCUT2D eigenvalue weighted by Gasteiger charge is 2.49. The number of hydrogen-bond donors (Lipinski definition) is 1. The molecule has 1 fully saturated rings. The lowest BCUT2D eigenvalue weighted by Gasteiger charge is -2.45. The highest BCUT2D eigenvalue weighted by molar-refractivity contribution is 6.13. The average molecular weight is 434 g/mol. The summed E-state index contributed by atoms with van der Waals surface area (Å²) in [6, 6.07) is 11.6. The van der Waals surface area contributed by atoms with Gasteiger partial charge in [-0.2, -0.15) is 0 Å². The van der Waals surface area contributed by atoms with Gasteiger partial charge in [0, 0.05) is 23.9 Å². The van der Waals surface area contributed by atoms with Crippen LogP contribution in [0.2, 0.25) is 0 Å². The first-order valence-corrected chi connectivity index (χ1v) is 11.6. The first-order chi connectivity index (χ1) is 15.3. The topological polar surface area (TPSA) is 67.5 Å². The molecular formula is C26H31N3O3. The van der Waals surface area contributed by atoms with Crippen LogP contribution < -0.4 is 10.2 Å². The number of furan rings is 1. The highest BCUT2D eigenvalue weighted by Crippen LogP contribution is 2.37. The molecule has 168 valence electrons. The molecule has 6 heteroatoms. The van der Waals surface area contributed by atoms with Gasteiger partial charge in [-0.1, -0.05) is 44.4 Å². The molecule has 4 atom stereocenters. The Hall–Kier alpha value is -3.02. The van der Waals surface area contributed by atoms with Crippen LogP contribution in [0, 0.1) is 18.8 Å². The lowest BCUT2D eigenvalue weighted by atomic mass is 9.77. The second-order valence-electron chi connectivity index (χ2n) is 9.88. The monoisotopic (exact) mass is 433 g/mol. The van der Waals surface area contributed by atoms with Gasteiger partial charge in [0.05, 0.1) is 18.3 Å². The van der Waals surface area contributed by atoms with Gasteiger partial charge < -0.3 is 14.3 Å². The molecule has 0 unspecified atom stereocenters. The van der Waals surface area contributed by atoms with E-state index < -0.39 is 5.54 Å². The fourth-order valence-corrected chi connectivity index (χ4v) is 5.42. The molecule has 32 heavy (non-hydrogen) atoms. The van der Waals surface area contributed by atoms with Gasteiger partial charge in [-0.05, 0) is 44.2 Å². The Labute approximate surface area is 188 Å². The quantitative estimate of drug-likeness (QED) is 0.639. The van der Waals surface area contributed by atoms with Gasteiger partial charge in [-0.3, -0.25) is 14.5 Å². The number of carbonyl (C=O) groups is 2. The standard InChI is InChI=1S/C26H31N3O3/c1-16-8-10-19(11-9-16)29-24(30)22-14-23-21(12-13-32-23)28(22)15-26(29,4)25(31)27-20-7-5-6-17(2)18(20)3/h8-14,17-18,20H,5-7,15H2,1-4H3,(H,27,31)/t17-,18+,20-,26-/m1/s1. The van der Waals surface area contributed by atoms with Crippen LogP contribution in [-0.4, -0.2) is 28.0 Å². The number of benzene rings is 1. The molecule has 1 aromatic carbocycles. The summed E-state index contributed by atoms with van der Waals surface area (Å²) in [5.74, 6) is 0.693. The van der Waals surface area contributed by atoms with Crippen LogP contribution in [0.25, 0.3) is 11.1 Å². The van der Waals surface area contributed by atoms with Crippen LogP contribution in [0.1, 0.15) is 56.1 Å². The smallest absolute Gasteiger partial charge is 0.276 e. The maximum Gasteiger partial charge on any atom is 0.276 e. The zero-order chi connectivity index (χ0) is 22.6. The number of nitrogens with zero attached hydrogens (tertiary/aromatic N) is 2. The molecule has 0 radical (unpaired) electrons. The molecule has 1 aliphatic heterocycles. The van der Waals surface area contributed by atoms with E-state index in [9.17, 15) is 9.59 Å². The van der Waals surface area contributed by atoms with E-state index >= 15 is 0 Å². The van der Waals surface area contributed by atoms with Crippen molar-refractivity contribution in [1.29, 1.82) is 0 Å². The van der Waals surface area contributed by atoms with Crippen LogP contribution in [0.4, 0.5) is 5.69 Å². The molecule has 0 spiro atoms. The molecule has 1 N–H and O–H groups in total. The molecule has 2 aliphatic rings. The Bertz CT molecular complexity index is 1170. The molecule has 2 aromatic heterocycles. The SMILES string of the molecule is Cc1ccc(N2C(=O)c3cc4occc4n3C[C@]2(C)C(=O)N[C@@H]2CCC[C@@H](C)[C@@H]2C)cc1. The zero-order valence-corrected chi connectivity index (χ0v) is 19.2. The molecule has 0 saturated heterocycles. The largest absolute Gasteiger partial charge is 0.463 e. The summed E-state index contributed by atoms with van der Waals surface area (Å²) in [6.07, 6.45) is 4.92. The predicted molar refractivity (Wildman–Crippen MR) is 125 cm³/mol. The molecule has 6 nitrogen and oxygen atoms in total. The third kappa shape index (κ3) is 3.15. The first-order valence-electron chi connectivity index (χ1n) is 11.6. The Kier molecular flexibility index (Phi) is 4.91. The Balaban J connectivity index is 1.57. The number of fused-ring (bicyclic) bond motifs is 3. The third-order valence-electron chi connectivity index (χ3n) is 7.71. The van der Waals surface area contributed by atoms with E-state index in [1.807, 2.05) is 48.7 Å². The number of rotatable bonds is 3. The van der Waals surface area contributed by atoms with Crippen molar-refractivity contribution in [2.45, 2.75) is 65.1 Å². The number of carbonyl (C=O) groups excluding carboxylic acids is 2. The van der Waals surface area contributed by atoms with Gasteiger partial charge in [-0.25, -0.2) is 0 Å². The second-order valence-corrected chi connectivity index (χ2v) is 9.88. The van der Waals surface area contributed by atoms with E-state index in [0.29, 0.717) is 29.7 Å². The minimum Gasteiger partial charge on any atom is -0.463 e. The molecule has 3 aromatic rings. The van der Waals surface area contributed by atoms with E-state index in [4.69, 9.17) is 4.42 Å². The zero-order valence-electron chi connectivity index (χ0n) is 19.2. The van der Waals surface area contributed by atoms with Gasteiger partial charge in [0.2, 0.25) is 5.91 Å². The Morgan fingerprint density at radius 3 is 2.66 bits per heavy atom. The van der Waals surface area contributed by atoms with Gasteiger partial charge in [0.1, 0.15) is 11.2 Å². The minimum absolute atomic E-state index is 0.103. The summed E-state index contributed by atoms with van der Waals surface area (Å²) >= 11 is 0. The van der Waals surface area contributed by atoms with Crippen molar-refractivity contribution in [1.82, 2.24) is 9.88 Å². The van der Waals surface area contributed by atoms with Crippen molar-refractivity contribution < 1.29 is 14.0 Å². The van der Waals surface area contributed by atoms with Crippen LogP contribution >= 0.6 is 0 Å². The second kappa shape index (κ2) is 7.54. The third-order valence-corrected chi connectivity index (χ3v) is 7.71. The van der Waals surface area contributed by atoms with Crippen molar-refractivity contribution in [3.05, 3.63) is 53.9 Å². The molecular weight excluding hydrogens is 402 g/mol. The summed E-state index contributed by atoms with van der Waals surface area (Å²) in [6.45, 7) is 8.74. The van der Waals surface area contributed by atoms with Crippen molar-refractivity contribution in [2.75, 3.05) is 4.90 Å². The number of nitrogens with one attached hydrogen (secondary N) is 1. The number of amides is 2. The predicted octanol–water partition coefficient (Wildman–Crippen LogP) is 4.90. The first kappa shape index (κ1) is 20.9. The summed E-state index contributed by atoms with van der Waals surface area (Å²) in [7, 11) is 0. The summed E-state index contributed by atoms with van der Waals surface area (Å²) < 4.78 is 7.49. The van der Waals surface area contributed by atoms with Crippen LogP contribution in [0.3, 0.4) is 0 Å². The minimum atomic E-state index is -1.07.